The van der Waals surface area contributed by atoms with Crippen molar-refractivity contribution in [1.29, 1.82) is 10.5 Å². The van der Waals surface area contributed by atoms with Crippen molar-refractivity contribution in [3.8, 4) is 12.1 Å². The molecule has 2 nitrogen and oxygen atoms in total. The Morgan fingerprint density at radius 2 is 1.93 bits per heavy atom. The Kier molecular flexibility index (Phi) is 2.46. The summed E-state index contributed by atoms with van der Waals surface area (Å²) in [6.45, 7) is 0. The Hall–Kier alpha value is -1.02. The summed E-state index contributed by atoms with van der Waals surface area (Å²) in [7, 11) is 0. The van der Waals surface area contributed by atoms with E-state index in [9.17, 15) is 5.26 Å². The molecule has 74 valence electrons. The molecule has 0 aromatic rings. The van der Waals surface area contributed by atoms with Gasteiger partial charge < -0.3 is 0 Å². The number of fused-ring (bicyclic) bond motifs is 1. The lowest BCUT2D eigenvalue weighted by atomic mass is 9.58. The summed E-state index contributed by atoms with van der Waals surface area (Å²) in [6.07, 6.45) is 7.67. The van der Waals surface area contributed by atoms with E-state index in [-0.39, 0.29) is 11.3 Å². The van der Waals surface area contributed by atoms with Gasteiger partial charge in [-0.1, -0.05) is 12.8 Å². The topological polar surface area (TPSA) is 47.6 Å². The van der Waals surface area contributed by atoms with Gasteiger partial charge in [-0.05, 0) is 38.0 Å². The van der Waals surface area contributed by atoms with Gasteiger partial charge in [0.2, 0.25) is 0 Å². The zero-order chi connectivity index (χ0) is 10.0. The second-order valence-corrected chi connectivity index (χ2v) is 4.82. The van der Waals surface area contributed by atoms with Gasteiger partial charge in [0.05, 0.1) is 17.6 Å². The highest BCUT2D eigenvalue weighted by atomic mass is 14.5. The second kappa shape index (κ2) is 3.62. The molecule has 2 fully saturated rings. The smallest absolute Gasteiger partial charge is 0.0693 e. The minimum absolute atomic E-state index is 0.128. The molecular formula is C12H16N2. The fourth-order valence-corrected chi connectivity index (χ4v) is 3.25. The van der Waals surface area contributed by atoms with Gasteiger partial charge in [0.25, 0.3) is 0 Å². The maximum atomic E-state index is 9.33. The van der Waals surface area contributed by atoms with Crippen LogP contribution in [0.25, 0.3) is 0 Å². The molecule has 2 aliphatic rings. The highest BCUT2D eigenvalue weighted by molar-refractivity contribution is 5.10. The summed E-state index contributed by atoms with van der Waals surface area (Å²) in [6, 6.07) is 4.88. The highest BCUT2D eigenvalue weighted by Crippen LogP contribution is 2.51. The number of nitriles is 2. The van der Waals surface area contributed by atoms with Crippen molar-refractivity contribution in [2.75, 3.05) is 0 Å². The minimum Gasteiger partial charge on any atom is -0.198 e. The summed E-state index contributed by atoms with van der Waals surface area (Å²) >= 11 is 0. The summed E-state index contributed by atoms with van der Waals surface area (Å²) in [5.74, 6) is 0.731. The summed E-state index contributed by atoms with van der Waals surface area (Å²) in [4.78, 5) is 0. The van der Waals surface area contributed by atoms with Gasteiger partial charge >= 0.3 is 0 Å². The van der Waals surface area contributed by atoms with Crippen molar-refractivity contribution < 1.29 is 0 Å². The summed E-state index contributed by atoms with van der Waals surface area (Å²) in [5.41, 5.74) is -0.128. The van der Waals surface area contributed by atoms with Crippen molar-refractivity contribution >= 4 is 0 Å². The fraction of sp³-hybridized carbons (Fsp3) is 0.833. The Balaban J connectivity index is 2.19. The number of nitrogens with zero attached hydrogens (tertiary/aromatic N) is 2. The third kappa shape index (κ3) is 1.40. The SMILES string of the molecule is N#CC1CCC2CCCCC2(C#N)C1. The average molecular weight is 188 g/mol. The highest BCUT2D eigenvalue weighted by Gasteiger charge is 2.45. The zero-order valence-corrected chi connectivity index (χ0v) is 8.50. The first-order valence-electron chi connectivity index (χ1n) is 5.61. The van der Waals surface area contributed by atoms with E-state index in [0.29, 0.717) is 5.92 Å². The number of hydrogen-bond donors (Lipinski definition) is 0. The van der Waals surface area contributed by atoms with Gasteiger partial charge in [0, 0.05) is 5.92 Å². The molecule has 0 saturated heterocycles. The van der Waals surface area contributed by atoms with E-state index in [1.54, 1.807) is 0 Å². The van der Waals surface area contributed by atoms with Gasteiger partial charge in [-0.15, -0.1) is 0 Å². The molecule has 14 heavy (non-hydrogen) atoms. The van der Waals surface area contributed by atoms with Crippen molar-refractivity contribution in [1.82, 2.24) is 0 Å². The first-order valence-corrected chi connectivity index (χ1v) is 5.61. The molecule has 3 unspecified atom stereocenters. The zero-order valence-electron chi connectivity index (χ0n) is 8.50. The quantitative estimate of drug-likeness (QED) is 0.586. The molecule has 0 aromatic carbocycles. The minimum atomic E-state index is -0.128. The van der Waals surface area contributed by atoms with Gasteiger partial charge in [-0.2, -0.15) is 10.5 Å². The van der Waals surface area contributed by atoms with Crippen molar-refractivity contribution in [2.45, 2.75) is 44.9 Å². The number of rotatable bonds is 0. The molecule has 0 aliphatic heterocycles. The maximum absolute atomic E-state index is 9.33. The molecule has 0 bridgehead atoms. The van der Waals surface area contributed by atoms with Gasteiger partial charge in [0.15, 0.2) is 0 Å². The standard InChI is InChI=1S/C12H16N2/c13-8-10-4-5-11-3-1-2-6-12(11,7-10)9-14/h10-11H,1-7H2. The van der Waals surface area contributed by atoms with Crippen LogP contribution in [0.1, 0.15) is 44.9 Å². The van der Waals surface area contributed by atoms with Gasteiger partial charge in [-0.25, -0.2) is 0 Å². The van der Waals surface area contributed by atoms with Gasteiger partial charge in [0.1, 0.15) is 0 Å². The van der Waals surface area contributed by atoms with Crippen LogP contribution in [0.4, 0.5) is 0 Å². The third-order valence-electron chi connectivity index (χ3n) is 4.09. The molecule has 3 atom stereocenters. The monoisotopic (exact) mass is 188 g/mol. The molecule has 0 heterocycles. The molecule has 0 aromatic heterocycles. The fourth-order valence-electron chi connectivity index (χ4n) is 3.25. The Morgan fingerprint density at radius 1 is 1.07 bits per heavy atom. The molecule has 0 amide bonds. The lowest BCUT2D eigenvalue weighted by molar-refractivity contribution is 0.0832. The molecule has 0 radical (unpaired) electrons. The molecule has 0 spiro atoms. The Morgan fingerprint density at radius 3 is 2.64 bits per heavy atom. The van der Waals surface area contributed by atoms with E-state index < -0.39 is 0 Å². The van der Waals surface area contributed by atoms with Crippen LogP contribution in [-0.4, -0.2) is 0 Å². The van der Waals surface area contributed by atoms with E-state index >= 15 is 0 Å². The van der Waals surface area contributed by atoms with Crippen LogP contribution in [0.2, 0.25) is 0 Å². The van der Waals surface area contributed by atoms with Crippen LogP contribution >= 0.6 is 0 Å². The predicted octanol–water partition coefficient (Wildman–Crippen LogP) is 3.01. The van der Waals surface area contributed by atoms with Crippen molar-refractivity contribution in [2.24, 2.45) is 17.3 Å². The van der Waals surface area contributed by atoms with E-state index in [1.807, 2.05) is 0 Å². The Bertz CT molecular complexity index is 296. The second-order valence-electron chi connectivity index (χ2n) is 4.82. The molecular weight excluding hydrogens is 172 g/mol. The lowest BCUT2D eigenvalue weighted by Crippen LogP contribution is -2.38. The average Bonchev–Trinajstić information content (AvgIpc) is 2.28. The number of hydrogen-bond acceptors (Lipinski definition) is 2. The first kappa shape index (κ1) is 9.53. The largest absolute Gasteiger partial charge is 0.198 e. The summed E-state index contributed by atoms with van der Waals surface area (Å²) in [5, 5.41) is 18.3. The summed E-state index contributed by atoms with van der Waals surface area (Å²) < 4.78 is 0. The van der Waals surface area contributed by atoms with Crippen molar-refractivity contribution in [3.63, 3.8) is 0 Å². The van der Waals surface area contributed by atoms with E-state index in [0.717, 1.165) is 25.7 Å². The van der Waals surface area contributed by atoms with Crippen LogP contribution in [0.3, 0.4) is 0 Å². The maximum Gasteiger partial charge on any atom is 0.0693 e. The molecule has 0 N–H and O–H groups in total. The van der Waals surface area contributed by atoms with Crippen LogP contribution in [0, 0.1) is 39.9 Å². The normalized spacial score (nSPS) is 41.9. The lowest BCUT2D eigenvalue weighted by Gasteiger charge is -2.43. The first-order chi connectivity index (χ1) is 6.80. The molecule has 2 rings (SSSR count). The molecule has 2 saturated carbocycles. The Labute approximate surface area is 85.5 Å². The van der Waals surface area contributed by atoms with E-state index in [4.69, 9.17) is 5.26 Å². The van der Waals surface area contributed by atoms with Crippen LogP contribution in [0.5, 0.6) is 0 Å². The van der Waals surface area contributed by atoms with E-state index in [2.05, 4.69) is 12.1 Å². The molecule has 2 aliphatic carbocycles. The molecule has 2 heteroatoms. The third-order valence-corrected chi connectivity index (χ3v) is 4.09. The predicted molar refractivity (Wildman–Crippen MR) is 53.0 cm³/mol. The van der Waals surface area contributed by atoms with Crippen molar-refractivity contribution in [3.05, 3.63) is 0 Å². The van der Waals surface area contributed by atoms with Crippen LogP contribution < -0.4 is 0 Å². The van der Waals surface area contributed by atoms with Crippen LogP contribution in [-0.2, 0) is 0 Å². The van der Waals surface area contributed by atoms with Crippen LogP contribution in [0.15, 0.2) is 0 Å². The van der Waals surface area contributed by atoms with Gasteiger partial charge in [-0.3, -0.25) is 0 Å². The van der Waals surface area contributed by atoms with E-state index in [1.165, 1.54) is 19.3 Å².